The fourth-order valence-electron chi connectivity index (χ4n) is 2.04. The summed E-state index contributed by atoms with van der Waals surface area (Å²) in [6.07, 6.45) is 7.02. The molecule has 0 bridgehead atoms. The van der Waals surface area contributed by atoms with E-state index in [2.05, 4.69) is 31.0 Å². The van der Waals surface area contributed by atoms with Crippen LogP contribution in [0.15, 0.2) is 48.8 Å². The van der Waals surface area contributed by atoms with Crippen molar-refractivity contribution in [2.24, 2.45) is 5.92 Å². The summed E-state index contributed by atoms with van der Waals surface area (Å²) >= 11 is 0. The summed E-state index contributed by atoms with van der Waals surface area (Å²) in [6, 6.07) is 12.0. The van der Waals surface area contributed by atoms with Crippen molar-refractivity contribution in [2.75, 3.05) is 0 Å². The lowest BCUT2D eigenvalue weighted by atomic mass is 10.0. The van der Waals surface area contributed by atoms with E-state index < -0.39 is 0 Å². The van der Waals surface area contributed by atoms with Crippen LogP contribution in [0.3, 0.4) is 0 Å². The number of hydrogen-bond donors (Lipinski definition) is 0. The van der Waals surface area contributed by atoms with E-state index >= 15 is 0 Å². The van der Waals surface area contributed by atoms with Gasteiger partial charge in [0.15, 0.2) is 0 Å². The molecule has 19 heavy (non-hydrogen) atoms. The Balaban J connectivity index is 2.04. The quantitative estimate of drug-likeness (QED) is 0.736. The van der Waals surface area contributed by atoms with E-state index in [-0.39, 0.29) is 0 Å². The Bertz CT molecular complexity index is 494. The van der Waals surface area contributed by atoms with Crippen LogP contribution in [0.5, 0.6) is 11.5 Å². The molecule has 0 spiro atoms. The van der Waals surface area contributed by atoms with Gasteiger partial charge in [-0.1, -0.05) is 38.5 Å². The van der Waals surface area contributed by atoms with Gasteiger partial charge in [-0.15, -0.1) is 0 Å². The van der Waals surface area contributed by atoms with Crippen molar-refractivity contribution in [3.05, 3.63) is 54.4 Å². The molecular formula is C17H21NO. The van der Waals surface area contributed by atoms with Crippen LogP contribution in [0.1, 0.15) is 32.3 Å². The van der Waals surface area contributed by atoms with Crippen molar-refractivity contribution in [1.29, 1.82) is 0 Å². The molecule has 0 N–H and O–H groups in total. The van der Waals surface area contributed by atoms with Gasteiger partial charge in [-0.2, -0.15) is 0 Å². The first-order chi connectivity index (χ1) is 9.25. The summed E-state index contributed by atoms with van der Waals surface area (Å²) in [4.78, 5) is 4.00. The van der Waals surface area contributed by atoms with E-state index in [1.165, 1.54) is 18.4 Å². The summed E-state index contributed by atoms with van der Waals surface area (Å²) in [5, 5.41) is 0. The smallest absolute Gasteiger partial charge is 0.130 e. The molecule has 0 amide bonds. The molecule has 0 aliphatic carbocycles. The van der Waals surface area contributed by atoms with Crippen LogP contribution in [-0.4, -0.2) is 4.98 Å². The molecule has 0 saturated heterocycles. The lowest BCUT2D eigenvalue weighted by Crippen LogP contribution is -1.94. The van der Waals surface area contributed by atoms with Crippen molar-refractivity contribution < 1.29 is 4.74 Å². The largest absolute Gasteiger partial charge is 0.457 e. The van der Waals surface area contributed by atoms with Crippen LogP contribution in [-0.2, 0) is 6.42 Å². The number of rotatable bonds is 6. The zero-order chi connectivity index (χ0) is 13.5. The van der Waals surface area contributed by atoms with Crippen LogP contribution in [0.2, 0.25) is 0 Å². The lowest BCUT2D eigenvalue weighted by molar-refractivity contribution is 0.471. The molecule has 1 heterocycles. The number of benzene rings is 1. The van der Waals surface area contributed by atoms with E-state index in [9.17, 15) is 0 Å². The van der Waals surface area contributed by atoms with Gasteiger partial charge in [0.05, 0.1) is 0 Å². The van der Waals surface area contributed by atoms with Crippen molar-refractivity contribution in [3.63, 3.8) is 0 Å². The Morgan fingerprint density at radius 2 is 1.79 bits per heavy atom. The SMILES string of the molecule is CC(C)CCCc1ccccc1Oc1ccncc1. The molecule has 0 unspecified atom stereocenters. The highest BCUT2D eigenvalue weighted by atomic mass is 16.5. The van der Waals surface area contributed by atoms with Crippen LogP contribution in [0.25, 0.3) is 0 Å². The molecule has 0 aliphatic heterocycles. The maximum absolute atomic E-state index is 5.93. The summed E-state index contributed by atoms with van der Waals surface area (Å²) in [5.74, 6) is 2.55. The number of nitrogens with zero attached hydrogens (tertiary/aromatic N) is 1. The van der Waals surface area contributed by atoms with Gasteiger partial charge < -0.3 is 4.74 Å². The van der Waals surface area contributed by atoms with Crippen LogP contribution < -0.4 is 4.74 Å². The number of hydrogen-bond acceptors (Lipinski definition) is 2. The maximum atomic E-state index is 5.93. The van der Waals surface area contributed by atoms with Crippen molar-refractivity contribution in [2.45, 2.75) is 33.1 Å². The third-order valence-electron chi connectivity index (χ3n) is 3.08. The topological polar surface area (TPSA) is 22.1 Å². The molecule has 0 fully saturated rings. The summed E-state index contributed by atoms with van der Waals surface area (Å²) in [7, 11) is 0. The highest BCUT2D eigenvalue weighted by Gasteiger charge is 2.04. The predicted molar refractivity (Wildman–Crippen MR) is 78.5 cm³/mol. The van der Waals surface area contributed by atoms with E-state index in [1.54, 1.807) is 12.4 Å². The first-order valence-corrected chi connectivity index (χ1v) is 6.91. The second kappa shape index (κ2) is 6.93. The third-order valence-corrected chi connectivity index (χ3v) is 3.08. The fourth-order valence-corrected chi connectivity index (χ4v) is 2.04. The number of para-hydroxylation sites is 1. The second-order valence-corrected chi connectivity index (χ2v) is 5.18. The molecule has 0 radical (unpaired) electrons. The fraction of sp³-hybridized carbons (Fsp3) is 0.353. The monoisotopic (exact) mass is 255 g/mol. The van der Waals surface area contributed by atoms with Gasteiger partial charge in [-0.25, -0.2) is 0 Å². The summed E-state index contributed by atoms with van der Waals surface area (Å²) in [6.45, 7) is 4.53. The molecule has 2 rings (SSSR count). The highest BCUT2D eigenvalue weighted by Crippen LogP contribution is 2.26. The summed E-state index contributed by atoms with van der Waals surface area (Å²) < 4.78 is 5.93. The number of ether oxygens (including phenoxy) is 1. The Labute approximate surface area is 115 Å². The molecule has 100 valence electrons. The number of aryl methyl sites for hydroxylation is 1. The third kappa shape index (κ3) is 4.40. The van der Waals surface area contributed by atoms with Crippen LogP contribution >= 0.6 is 0 Å². The molecule has 1 aromatic heterocycles. The van der Waals surface area contributed by atoms with Gasteiger partial charge in [0.25, 0.3) is 0 Å². The highest BCUT2D eigenvalue weighted by molar-refractivity contribution is 5.37. The van der Waals surface area contributed by atoms with Gasteiger partial charge in [0.2, 0.25) is 0 Å². The van der Waals surface area contributed by atoms with E-state index in [0.717, 1.165) is 23.8 Å². The second-order valence-electron chi connectivity index (χ2n) is 5.18. The zero-order valence-electron chi connectivity index (χ0n) is 11.7. The predicted octanol–water partition coefficient (Wildman–Crippen LogP) is 4.85. The molecule has 2 nitrogen and oxygen atoms in total. The Hall–Kier alpha value is -1.83. The minimum atomic E-state index is 0.758. The van der Waals surface area contributed by atoms with Crippen molar-refractivity contribution in [1.82, 2.24) is 4.98 Å². The van der Waals surface area contributed by atoms with E-state index in [4.69, 9.17) is 4.74 Å². The standard InChI is InChI=1S/C17H21NO/c1-14(2)6-5-8-15-7-3-4-9-17(15)19-16-10-12-18-13-11-16/h3-4,7,9-14H,5-6,8H2,1-2H3. The minimum Gasteiger partial charge on any atom is -0.457 e. The molecular weight excluding hydrogens is 234 g/mol. The minimum absolute atomic E-state index is 0.758. The molecule has 0 aliphatic rings. The first kappa shape index (κ1) is 13.6. The van der Waals surface area contributed by atoms with Crippen LogP contribution in [0.4, 0.5) is 0 Å². The van der Waals surface area contributed by atoms with Crippen molar-refractivity contribution >= 4 is 0 Å². The van der Waals surface area contributed by atoms with Crippen molar-refractivity contribution in [3.8, 4) is 11.5 Å². The molecule has 0 atom stereocenters. The Morgan fingerprint density at radius 3 is 2.53 bits per heavy atom. The molecule has 2 heteroatoms. The van der Waals surface area contributed by atoms with Gasteiger partial charge in [-0.05, 0) is 42.5 Å². The Morgan fingerprint density at radius 1 is 1.05 bits per heavy atom. The van der Waals surface area contributed by atoms with Gasteiger partial charge in [0.1, 0.15) is 11.5 Å². The van der Waals surface area contributed by atoms with Gasteiger partial charge in [-0.3, -0.25) is 4.98 Å². The van der Waals surface area contributed by atoms with E-state index in [0.29, 0.717) is 0 Å². The lowest BCUT2D eigenvalue weighted by Gasteiger charge is -2.11. The first-order valence-electron chi connectivity index (χ1n) is 6.91. The number of pyridine rings is 1. The zero-order valence-corrected chi connectivity index (χ0v) is 11.7. The average molecular weight is 255 g/mol. The van der Waals surface area contributed by atoms with Crippen LogP contribution in [0, 0.1) is 5.92 Å². The molecule has 1 aromatic carbocycles. The average Bonchev–Trinajstić information content (AvgIpc) is 2.41. The normalized spacial score (nSPS) is 10.7. The maximum Gasteiger partial charge on any atom is 0.130 e. The molecule has 0 saturated carbocycles. The van der Waals surface area contributed by atoms with Gasteiger partial charge >= 0.3 is 0 Å². The molecule has 2 aromatic rings. The van der Waals surface area contributed by atoms with E-state index in [1.807, 2.05) is 24.3 Å². The summed E-state index contributed by atoms with van der Waals surface area (Å²) in [5.41, 5.74) is 1.28. The number of aromatic nitrogens is 1. The Kier molecular flexibility index (Phi) is 4.96. The van der Waals surface area contributed by atoms with Gasteiger partial charge in [0, 0.05) is 12.4 Å².